The molecule has 0 spiro atoms. The van der Waals surface area contributed by atoms with Crippen LogP contribution in [0.3, 0.4) is 0 Å². The summed E-state index contributed by atoms with van der Waals surface area (Å²) in [5.41, 5.74) is 0. The molecule has 0 heterocycles. The maximum atomic E-state index is 12.0. The molecule has 0 atom stereocenters. The highest BCUT2D eigenvalue weighted by Crippen LogP contribution is 2.45. The van der Waals surface area contributed by atoms with Gasteiger partial charge in [-0.15, -0.1) is 0 Å². The number of rotatable bonds is 5. The van der Waals surface area contributed by atoms with Gasteiger partial charge in [0.25, 0.3) is 0 Å². The normalized spacial score (nSPS) is 41.6. The first-order chi connectivity index (χ1) is 11.8. The second-order valence-electron chi connectivity index (χ2n) is 8.96. The molecule has 0 amide bonds. The SMILES string of the molecule is OC1CCC(C2CCC(C3CCC(CC/C=C/F)CC3)CC2)CC1. The van der Waals surface area contributed by atoms with Crippen molar-refractivity contribution in [3.63, 3.8) is 0 Å². The lowest BCUT2D eigenvalue weighted by molar-refractivity contribution is 0.0667. The van der Waals surface area contributed by atoms with Crippen LogP contribution in [0.4, 0.5) is 4.39 Å². The molecule has 0 radical (unpaired) electrons. The zero-order valence-corrected chi connectivity index (χ0v) is 15.3. The van der Waals surface area contributed by atoms with Crippen molar-refractivity contribution in [2.24, 2.45) is 29.6 Å². The van der Waals surface area contributed by atoms with E-state index in [-0.39, 0.29) is 6.10 Å². The van der Waals surface area contributed by atoms with Gasteiger partial charge in [0.2, 0.25) is 0 Å². The maximum absolute atomic E-state index is 12.0. The Morgan fingerprint density at radius 3 is 1.54 bits per heavy atom. The summed E-state index contributed by atoms with van der Waals surface area (Å²) in [7, 11) is 0. The third-order valence-electron chi connectivity index (χ3n) is 7.61. The van der Waals surface area contributed by atoms with Crippen LogP contribution in [0.15, 0.2) is 12.4 Å². The minimum absolute atomic E-state index is 0.00633. The summed E-state index contributed by atoms with van der Waals surface area (Å²) < 4.78 is 12.0. The van der Waals surface area contributed by atoms with Crippen molar-refractivity contribution in [2.45, 2.75) is 96.0 Å². The van der Waals surface area contributed by atoms with Crippen LogP contribution >= 0.6 is 0 Å². The fraction of sp³-hybridized carbons (Fsp3) is 0.909. The van der Waals surface area contributed by atoms with Crippen LogP contribution in [0.5, 0.6) is 0 Å². The second-order valence-corrected chi connectivity index (χ2v) is 8.96. The highest BCUT2D eigenvalue weighted by atomic mass is 19.1. The second kappa shape index (κ2) is 9.36. The van der Waals surface area contributed by atoms with Gasteiger partial charge in [-0.3, -0.25) is 0 Å². The van der Waals surface area contributed by atoms with Crippen molar-refractivity contribution in [1.29, 1.82) is 0 Å². The van der Waals surface area contributed by atoms with E-state index >= 15 is 0 Å². The lowest BCUT2D eigenvalue weighted by Crippen LogP contribution is -2.30. The van der Waals surface area contributed by atoms with E-state index in [0.717, 1.165) is 48.9 Å². The van der Waals surface area contributed by atoms with Crippen molar-refractivity contribution in [3.05, 3.63) is 12.4 Å². The van der Waals surface area contributed by atoms with Gasteiger partial charge in [0, 0.05) is 0 Å². The van der Waals surface area contributed by atoms with E-state index in [1.807, 2.05) is 0 Å². The highest BCUT2D eigenvalue weighted by Gasteiger charge is 2.34. The van der Waals surface area contributed by atoms with Gasteiger partial charge in [-0.05, 0) is 107 Å². The van der Waals surface area contributed by atoms with Crippen molar-refractivity contribution in [3.8, 4) is 0 Å². The van der Waals surface area contributed by atoms with E-state index in [1.54, 1.807) is 6.08 Å². The Kier molecular flexibility index (Phi) is 7.19. The standard InChI is InChI=1S/C22H37FO/c23-16-2-1-3-17-4-6-18(7-5-17)19-8-10-20(11-9-19)21-12-14-22(24)15-13-21/h2,16-22,24H,1,3-15H2/b16-2+. The summed E-state index contributed by atoms with van der Waals surface area (Å²) in [4.78, 5) is 0. The van der Waals surface area contributed by atoms with E-state index in [2.05, 4.69) is 0 Å². The quantitative estimate of drug-likeness (QED) is 0.614. The zero-order chi connectivity index (χ0) is 16.8. The Hall–Kier alpha value is -0.370. The molecule has 3 fully saturated rings. The van der Waals surface area contributed by atoms with Crippen LogP contribution in [-0.4, -0.2) is 11.2 Å². The third kappa shape index (κ3) is 5.07. The molecular weight excluding hydrogens is 299 g/mol. The van der Waals surface area contributed by atoms with Gasteiger partial charge in [-0.2, -0.15) is 0 Å². The fourth-order valence-corrected chi connectivity index (χ4v) is 6.00. The molecule has 3 rings (SSSR count). The predicted octanol–water partition coefficient (Wildman–Crippen LogP) is 6.41. The van der Waals surface area contributed by atoms with Gasteiger partial charge in [-0.1, -0.05) is 18.9 Å². The summed E-state index contributed by atoms with van der Waals surface area (Å²) in [6.07, 6.45) is 20.6. The van der Waals surface area contributed by atoms with E-state index in [4.69, 9.17) is 0 Å². The Morgan fingerprint density at radius 1 is 0.667 bits per heavy atom. The van der Waals surface area contributed by atoms with E-state index < -0.39 is 0 Å². The molecule has 1 nitrogen and oxygen atoms in total. The number of hydrogen-bond acceptors (Lipinski definition) is 1. The largest absolute Gasteiger partial charge is 0.393 e. The first-order valence-corrected chi connectivity index (χ1v) is 10.7. The average molecular weight is 337 g/mol. The Balaban J connectivity index is 1.35. The van der Waals surface area contributed by atoms with Gasteiger partial charge in [0.05, 0.1) is 12.4 Å². The summed E-state index contributed by atoms with van der Waals surface area (Å²) in [5.74, 6) is 4.68. The highest BCUT2D eigenvalue weighted by molar-refractivity contribution is 4.86. The minimum Gasteiger partial charge on any atom is -0.393 e. The summed E-state index contributed by atoms with van der Waals surface area (Å²) in [6, 6.07) is 0. The van der Waals surface area contributed by atoms with Crippen LogP contribution in [0, 0.1) is 29.6 Å². The lowest BCUT2D eigenvalue weighted by Gasteiger charge is -2.41. The van der Waals surface area contributed by atoms with E-state index in [0.29, 0.717) is 6.33 Å². The topological polar surface area (TPSA) is 20.2 Å². The molecule has 138 valence electrons. The van der Waals surface area contributed by atoms with Gasteiger partial charge in [0.15, 0.2) is 0 Å². The molecule has 0 aromatic rings. The molecule has 3 saturated carbocycles. The molecule has 3 aliphatic rings. The van der Waals surface area contributed by atoms with Gasteiger partial charge in [-0.25, -0.2) is 4.39 Å². The Bertz CT molecular complexity index is 369. The molecule has 0 bridgehead atoms. The van der Waals surface area contributed by atoms with Crippen LogP contribution < -0.4 is 0 Å². The number of hydrogen-bond donors (Lipinski definition) is 1. The van der Waals surface area contributed by atoms with Gasteiger partial charge >= 0.3 is 0 Å². The summed E-state index contributed by atoms with van der Waals surface area (Å²) in [6.45, 7) is 0. The number of halogens is 1. The van der Waals surface area contributed by atoms with Crippen LogP contribution in [0.2, 0.25) is 0 Å². The van der Waals surface area contributed by atoms with Crippen molar-refractivity contribution >= 4 is 0 Å². The first-order valence-electron chi connectivity index (χ1n) is 10.7. The molecule has 0 unspecified atom stereocenters. The molecule has 24 heavy (non-hydrogen) atoms. The molecule has 0 aromatic heterocycles. The average Bonchev–Trinajstić information content (AvgIpc) is 2.63. The molecule has 3 aliphatic carbocycles. The number of aliphatic hydroxyl groups excluding tert-OH is 1. The van der Waals surface area contributed by atoms with Gasteiger partial charge < -0.3 is 5.11 Å². The van der Waals surface area contributed by atoms with Crippen molar-refractivity contribution in [1.82, 2.24) is 0 Å². The van der Waals surface area contributed by atoms with E-state index in [9.17, 15) is 9.50 Å². The third-order valence-corrected chi connectivity index (χ3v) is 7.61. The van der Waals surface area contributed by atoms with Crippen LogP contribution in [0.1, 0.15) is 89.9 Å². The molecule has 0 aromatic carbocycles. The lowest BCUT2D eigenvalue weighted by atomic mass is 9.65. The van der Waals surface area contributed by atoms with Crippen LogP contribution in [0.25, 0.3) is 0 Å². The molecule has 2 heteroatoms. The monoisotopic (exact) mass is 336 g/mol. The van der Waals surface area contributed by atoms with E-state index in [1.165, 1.54) is 70.6 Å². The first kappa shape index (κ1) is 18.4. The maximum Gasteiger partial charge on any atom is 0.0827 e. The number of allylic oxidation sites excluding steroid dienone is 1. The van der Waals surface area contributed by atoms with Gasteiger partial charge in [0.1, 0.15) is 0 Å². The molecule has 1 N–H and O–H groups in total. The Morgan fingerprint density at radius 2 is 1.08 bits per heavy atom. The Labute approximate surface area is 148 Å². The summed E-state index contributed by atoms with van der Waals surface area (Å²) in [5, 5.41) is 9.70. The molecule has 0 aliphatic heterocycles. The predicted molar refractivity (Wildman–Crippen MR) is 98.3 cm³/mol. The minimum atomic E-state index is -0.00633. The molecule has 0 saturated heterocycles. The zero-order valence-electron chi connectivity index (χ0n) is 15.3. The smallest absolute Gasteiger partial charge is 0.0827 e. The van der Waals surface area contributed by atoms with Crippen molar-refractivity contribution in [2.75, 3.05) is 0 Å². The molecular formula is C22H37FO. The fourth-order valence-electron chi connectivity index (χ4n) is 6.00. The van der Waals surface area contributed by atoms with Crippen LogP contribution in [-0.2, 0) is 0 Å². The number of aliphatic hydroxyl groups is 1. The van der Waals surface area contributed by atoms with Crippen molar-refractivity contribution < 1.29 is 9.50 Å². The summed E-state index contributed by atoms with van der Waals surface area (Å²) >= 11 is 0.